The molecule has 0 bridgehead atoms. The Labute approximate surface area is 135 Å². The zero-order valence-corrected chi connectivity index (χ0v) is 13.8. The van der Waals surface area contributed by atoms with Gasteiger partial charge in [0.05, 0.1) is 6.21 Å². The molecule has 0 fully saturated rings. The molecule has 0 amide bonds. The number of ether oxygens (including phenoxy) is 2. The smallest absolute Gasteiger partial charge is 0.185 e. The molecule has 0 saturated heterocycles. The minimum atomic E-state index is 0.340. The molecule has 7 nitrogen and oxygen atoms in total. The Morgan fingerprint density at radius 1 is 1.00 bits per heavy atom. The number of methoxy groups -OCH3 is 2. The van der Waals surface area contributed by atoms with Crippen LogP contribution in [0.1, 0.15) is 27.8 Å². The minimum absolute atomic E-state index is 0.340. The second kappa shape index (κ2) is 10.4. The number of hydrogen-bond donors (Lipinski definition) is 0. The number of aldehydes is 1. The van der Waals surface area contributed by atoms with Crippen LogP contribution in [0.2, 0.25) is 0 Å². The molecule has 0 radical (unpaired) electrons. The van der Waals surface area contributed by atoms with Crippen LogP contribution in [0.25, 0.3) is 0 Å². The number of carbonyl (C=O) groups excluding carboxylic acids is 1. The van der Waals surface area contributed by atoms with Crippen molar-refractivity contribution in [3.05, 3.63) is 47.3 Å². The van der Waals surface area contributed by atoms with Crippen LogP contribution < -0.4 is 0 Å². The van der Waals surface area contributed by atoms with Crippen LogP contribution in [-0.4, -0.2) is 45.8 Å². The summed E-state index contributed by atoms with van der Waals surface area (Å²) in [6, 6.07) is 7.07. The first-order chi connectivity index (χ1) is 11.1. The van der Waals surface area contributed by atoms with E-state index in [-0.39, 0.29) is 0 Å². The first-order valence-corrected chi connectivity index (χ1v) is 6.90. The first kappa shape index (κ1) is 18.7. The molecule has 0 atom stereocenters. The molecule has 0 aliphatic heterocycles. The van der Waals surface area contributed by atoms with Gasteiger partial charge in [0.2, 0.25) is 0 Å². The molecule has 2 aromatic rings. The van der Waals surface area contributed by atoms with Crippen molar-refractivity contribution < 1.29 is 23.1 Å². The third-order valence-electron chi connectivity index (χ3n) is 2.47. The average molecular weight is 322 g/mol. The molecule has 0 spiro atoms. The Morgan fingerprint density at radius 2 is 1.52 bits per heavy atom. The van der Waals surface area contributed by atoms with Gasteiger partial charge in [0, 0.05) is 28.3 Å². The number of nitrogens with zero attached hydrogens (tertiary/aromatic N) is 2. The Morgan fingerprint density at radius 3 is 1.96 bits per heavy atom. The second-order valence-corrected chi connectivity index (χ2v) is 4.68. The zero-order chi connectivity index (χ0) is 17.1. The highest BCUT2D eigenvalue weighted by molar-refractivity contribution is 5.75. The van der Waals surface area contributed by atoms with Gasteiger partial charge >= 0.3 is 0 Å². The summed E-state index contributed by atoms with van der Waals surface area (Å²) in [5, 5.41) is 5.75. The van der Waals surface area contributed by atoms with E-state index >= 15 is 0 Å². The summed E-state index contributed by atoms with van der Waals surface area (Å²) < 4.78 is 20.0. The summed E-state index contributed by atoms with van der Waals surface area (Å²) in [4.78, 5) is 10.1. The maximum Gasteiger partial charge on any atom is 0.185 e. The molecule has 0 N–H and O–H groups in total. The lowest BCUT2D eigenvalue weighted by molar-refractivity contribution is 0.109. The molecular weight excluding hydrogens is 300 g/mol. The van der Waals surface area contributed by atoms with Crippen LogP contribution in [0.5, 0.6) is 0 Å². The fraction of sp³-hybridized carbons (Fsp3) is 0.375. The van der Waals surface area contributed by atoms with Crippen molar-refractivity contribution in [1.29, 1.82) is 0 Å². The summed E-state index contributed by atoms with van der Waals surface area (Å²) in [5.41, 5.74) is 0. The van der Waals surface area contributed by atoms with E-state index in [4.69, 9.17) is 18.3 Å². The van der Waals surface area contributed by atoms with E-state index in [2.05, 4.69) is 5.10 Å². The van der Waals surface area contributed by atoms with E-state index in [9.17, 15) is 4.79 Å². The summed E-state index contributed by atoms with van der Waals surface area (Å²) in [6.07, 6.45) is 2.33. The van der Waals surface area contributed by atoms with Crippen molar-refractivity contribution in [2.75, 3.05) is 28.3 Å². The van der Waals surface area contributed by atoms with E-state index in [1.54, 1.807) is 37.6 Å². The van der Waals surface area contributed by atoms with Crippen LogP contribution in [0.15, 0.2) is 38.2 Å². The predicted molar refractivity (Wildman–Crippen MR) is 85.5 cm³/mol. The predicted octanol–water partition coefficient (Wildman–Crippen LogP) is 2.56. The number of hydrazone groups is 1. The monoisotopic (exact) mass is 322 g/mol. The molecule has 0 aromatic carbocycles. The summed E-state index contributed by atoms with van der Waals surface area (Å²) in [6.45, 7) is 0.906. The zero-order valence-electron chi connectivity index (χ0n) is 13.8. The first-order valence-electron chi connectivity index (χ1n) is 6.90. The highest BCUT2D eigenvalue weighted by atomic mass is 16.5. The second-order valence-electron chi connectivity index (χ2n) is 4.68. The third kappa shape index (κ3) is 7.44. The summed E-state index contributed by atoms with van der Waals surface area (Å²) >= 11 is 0. The van der Waals surface area contributed by atoms with E-state index < -0.39 is 0 Å². The molecule has 23 heavy (non-hydrogen) atoms. The Kier molecular flexibility index (Phi) is 8.41. The minimum Gasteiger partial charge on any atom is -0.458 e. The van der Waals surface area contributed by atoms with Gasteiger partial charge in [0.25, 0.3) is 0 Å². The van der Waals surface area contributed by atoms with Crippen molar-refractivity contribution in [3.63, 3.8) is 0 Å². The maximum absolute atomic E-state index is 10.1. The fourth-order valence-corrected chi connectivity index (χ4v) is 1.53. The molecule has 2 heterocycles. The van der Waals surface area contributed by atoms with Crippen molar-refractivity contribution >= 4 is 12.5 Å². The molecule has 0 saturated carbocycles. The fourth-order valence-electron chi connectivity index (χ4n) is 1.53. The summed E-state index contributed by atoms with van der Waals surface area (Å²) in [5.74, 6) is 2.56. The molecule has 2 aromatic heterocycles. The topological polar surface area (TPSA) is 77.4 Å². The third-order valence-corrected chi connectivity index (χ3v) is 2.47. The highest BCUT2D eigenvalue weighted by Crippen LogP contribution is 2.07. The molecule has 126 valence electrons. The highest BCUT2D eigenvalue weighted by Gasteiger charge is 1.99. The molecule has 0 aliphatic rings. The maximum atomic E-state index is 10.1. The molecule has 0 aliphatic carbocycles. The quantitative estimate of drug-likeness (QED) is 0.443. The average Bonchev–Trinajstić information content (AvgIpc) is 3.16. The van der Waals surface area contributed by atoms with E-state index in [0.29, 0.717) is 31.0 Å². The van der Waals surface area contributed by atoms with Crippen LogP contribution in [-0.2, 0) is 22.7 Å². The van der Waals surface area contributed by atoms with Gasteiger partial charge in [-0.2, -0.15) is 5.10 Å². The lowest BCUT2D eigenvalue weighted by Crippen LogP contribution is -2.01. The van der Waals surface area contributed by atoms with Gasteiger partial charge in [-0.25, -0.2) is 0 Å². The number of carbonyl (C=O) groups is 1. The number of rotatable bonds is 7. The van der Waals surface area contributed by atoms with Gasteiger partial charge in [-0.05, 0) is 24.3 Å². The normalized spacial score (nSPS) is 10.4. The van der Waals surface area contributed by atoms with E-state index in [1.807, 2.05) is 26.2 Å². The van der Waals surface area contributed by atoms with Crippen LogP contribution in [0, 0.1) is 0 Å². The van der Waals surface area contributed by atoms with E-state index in [0.717, 1.165) is 11.5 Å². The Hall–Kier alpha value is -2.38. The van der Waals surface area contributed by atoms with Gasteiger partial charge < -0.3 is 23.3 Å². The van der Waals surface area contributed by atoms with E-state index in [1.165, 1.54) is 0 Å². The Balaban J connectivity index is 0.000000238. The molecule has 0 unspecified atom stereocenters. The lowest BCUT2D eigenvalue weighted by Gasteiger charge is -2.00. The van der Waals surface area contributed by atoms with Crippen LogP contribution >= 0.6 is 0 Å². The Bertz CT molecular complexity index is 601. The van der Waals surface area contributed by atoms with Gasteiger partial charge in [-0.3, -0.25) is 4.79 Å². The molecular formula is C16H22N2O5. The summed E-state index contributed by atoms with van der Waals surface area (Å²) in [7, 11) is 6.92. The largest absolute Gasteiger partial charge is 0.458 e. The molecule has 7 heteroatoms. The number of furan rings is 2. The van der Waals surface area contributed by atoms with Crippen molar-refractivity contribution in [2.45, 2.75) is 13.2 Å². The van der Waals surface area contributed by atoms with Gasteiger partial charge in [-0.15, -0.1) is 0 Å². The van der Waals surface area contributed by atoms with Crippen molar-refractivity contribution in [2.24, 2.45) is 5.10 Å². The van der Waals surface area contributed by atoms with Gasteiger partial charge in [0.1, 0.15) is 30.5 Å². The van der Waals surface area contributed by atoms with Gasteiger partial charge in [-0.1, -0.05) is 0 Å². The standard InChI is InChI=1S/C9H14N2O2.C7H8O3/c1-11(2)10-6-8-4-5-9(13-8)7-12-3;1-9-5-7-3-2-6(4-8)10-7/h4-6H,7H2,1-3H3;2-4H,5H2,1H3/b10-6+;. The molecule has 2 rings (SSSR count). The SMILES string of the molecule is COCc1ccc(/C=N/N(C)C)o1.COCc1ccc(C=O)o1. The lowest BCUT2D eigenvalue weighted by atomic mass is 10.4. The van der Waals surface area contributed by atoms with Crippen LogP contribution in [0.3, 0.4) is 0 Å². The van der Waals surface area contributed by atoms with Crippen molar-refractivity contribution in [1.82, 2.24) is 5.01 Å². The van der Waals surface area contributed by atoms with Gasteiger partial charge in [0.15, 0.2) is 12.0 Å². The van der Waals surface area contributed by atoms with Crippen molar-refractivity contribution in [3.8, 4) is 0 Å². The number of hydrogen-bond acceptors (Lipinski definition) is 7. The van der Waals surface area contributed by atoms with Crippen LogP contribution in [0.4, 0.5) is 0 Å².